The van der Waals surface area contributed by atoms with Gasteiger partial charge in [0.15, 0.2) is 0 Å². The van der Waals surface area contributed by atoms with Crippen LogP contribution in [0.5, 0.6) is 0 Å². The van der Waals surface area contributed by atoms with Crippen LogP contribution < -0.4 is 5.30 Å². The Morgan fingerprint density at radius 3 is 2.22 bits per heavy atom. The van der Waals surface area contributed by atoms with Crippen molar-refractivity contribution >= 4 is 24.7 Å². The lowest BCUT2D eigenvalue weighted by molar-refractivity contribution is 0.484. The molecule has 1 N–H and O–H groups in total. The van der Waals surface area contributed by atoms with E-state index in [0.717, 1.165) is 16.7 Å². The van der Waals surface area contributed by atoms with E-state index in [9.17, 15) is 8.42 Å². The lowest BCUT2D eigenvalue weighted by Gasteiger charge is -2.09. The molecule has 0 amide bonds. The fraction of sp³-hybridized carbons (Fsp3) is 0.0769. The van der Waals surface area contributed by atoms with E-state index >= 15 is 0 Å². The molecule has 0 saturated heterocycles. The average Bonchev–Trinajstić information content (AvgIpc) is 2.29. The highest BCUT2D eigenvalue weighted by Crippen LogP contribution is 2.23. The highest BCUT2D eigenvalue weighted by molar-refractivity contribution is 7.86. The minimum absolute atomic E-state index is 0.0782. The maximum atomic E-state index is 11.2. The van der Waals surface area contributed by atoms with Crippen LogP contribution in [0.1, 0.15) is 5.56 Å². The van der Waals surface area contributed by atoms with E-state index in [1.807, 2.05) is 37.3 Å². The number of hydrogen-bond acceptors (Lipinski definition) is 2. The molecule has 1 atom stereocenters. The topological polar surface area (TPSA) is 54.4 Å². The van der Waals surface area contributed by atoms with Gasteiger partial charge in [-0.05, 0) is 29.4 Å². The second kappa shape index (κ2) is 4.81. The molecule has 18 heavy (non-hydrogen) atoms. The molecular formula is C13H13O3PS. The molecule has 0 aromatic heterocycles. The Labute approximate surface area is 109 Å². The van der Waals surface area contributed by atoms with E-state index in [0.29, 0.717) is 5.30 Å². The van der Waals surface area contributed by atoms with Crippen LogP contribution in [0.3, 0.4) is 0 Å². The van der Waals surface area contributed by atoms with E-state index in [4.69, 9.17) is 4.55 Å². The van der Waals surface area contributed by atoms with Gasteiger partial charge in [-0.2, -0.15) is 8.42 Å². The largest absolute Gasteiger partial charge is 0.295 e. The quantitative estimate of drug-likeness (QED) is 0.679. The van der Waals surface area contributed by atoms with E-state index < -0.39 is 10.1 Å². The van der Waals surface area contributed by atoms with E-state index in [1.54, 1.807) is 6.07 Å². The molecule has 5 heteroatoms. The Bertz CT molecular complexity index is 676. The van der Waals surface area contributed by atoms with Crippen molar-refractivity contribution in [2.75, 3.05) is 0 Å². The van der Waals surface area contributed by atoms with Gasteiger partial charge in [-0.25, -0.2) is 0 Å². The molecule has 0 radical (unpaired) electrons. The first-order valence-electron chi connectivity index (χ1n) is 5.32. The third-order valence-corrected chi connectivity index (χ3v) is 4.45. The monoisotopic (exact) mass is 280 g/mol. The zero-order valence-electron chi connectivity index (χ0n) is 9.79. The van der Waals surface area contributed by atoms with Gasteiger partial charge in [-0.3, -0.25) is 4.55 Å². The Balaban J connectivity index is 2.63. The fourth-order valence-electron chi connectivity index (χ4n) is 1.75. The summed E-state index contributed by atoms with van der Waals surface area (Å²) in [6.45, 7) is 1.99. The van der Waals surface area contributed by atoms with Crippen LogP contribution in [0, 0.1) is 6.92 Å². The minimum Gasteiger partial charge on any atom is -0.282 e. The van der Waals surface area contributed by atoms with Crippen LogP contribution in [0.2, 0.25) is 0 Å². The SMILES string of the molecule is Cc1ccc(-c2cccc(S(=O)(=O)O)c2P)cc1. The summed E-state index contributed by atoms with van der Waals surface area (Å²) in [4.78, 5) is -0.0782. The second-order valence-electron chi connectivity index (χ2n) is 4.06. The summed E-state index contributed by atoms with van der Waals surface area (Å²) in [6, 6.07) is 12.6. The van der Waals surface area contributed by atoms with Crippen molar-refractivity contribution in [1.29, 1.82) is 0 Å². The lowest BCUT2D eigenvalue weighted by Crippen LogP contribution is -2.11. The van der Waals surface area contributed by atoms with Crippen LogP contribution in [0.4, 0.5) is 0 Å². The smallest absolute Gasteiger partial charge is 0.282 e. The first-order valence-corrected chi connectivity index (χ1v) is 7.34. The van der Waals surface area contributed by atoms with Crippen LogP contribution in [-0.4, -0.2) is 13.0 Å². The van der Waals surface area contributed by atoms with Gasteiger partial charge >= 0.3 is 0 Å². The molecule has 0 aliphatic carbocycles. The zero-order valence-corrected chi connectivity index (χ0v) is 11.8. The standard InChI is InChI=1S/C13H13O3PS/c1-9-5-7-10(8-6-9)11-3-2-4-12(13(11)17)18(14,15)16/h2-8H,17H2,1H3,(H,14,15,16). The van der Waals surface area contributed by atoms with Gasteiger partial charge in [0.2, 0.25) is 0 Å². The van der Waals surface area contributed by atoms with Gasteiger partial charge in [0, 0.05) is 0 Å². The summed E-state index contributed by atoms with van der Waals surface area (Å²) < 4.78 is 31.6. The van der Waals surface area contributed by atoms with E-state index in [1.165, 1.54) is 6.07 Å². The van der Waals surface area contributed by atoms with Crippen LogP contribution in [0.25, 0.3) is 11.1 Å². The van der Waals surface area contributed by atoms with Gasteiger partial charge in [0.05, 0.1) is 0 Å². The molecule has 1 unspecified atom stereocenters. The molecule has 0 spiro atoms. The van der Waals surface area contributed by atoms with Gasteiger partial charge < -0.3 is 0 Å². The Hall–Kier alpha value is -1.22. The van der Waals surface area contributed by atoms with E-state index in [2.05, 4.69) is 9.24 Å². The zero-order chi connectivity index (χ0) is 13.3. The van der Waals surface area contributed by atoms with Gasteiger partial charge in [-0.1, -0.05) is 42.0 Å². The molecule has 2 aromatic carbocycles. The third kappa shape index (κ3) is 2.61. The maximum Gasteiger partial charge on any atom is 0.295 e. The molecule has 0 aliphatic rings. The highest BCUT2D eigenvalue weighted by atomic mass is 32.2. The normalized spacial score (nSPS) is 11.5. The molecular weight excluding hydrogens is 267 g/mol. The molecule has 0 heterocycles. The van der Waals surface area contributed by atoms with Crippen molar-refractivity contribution in [1.82, 2.24) is 0 Å². The summed E-state index contributed by atoms with van der Waals surface area (Å²) in [5, 5.41) is 0.476. The molecule has 0 fully saturated rings. The minimum atomic E-state index is -4.19. The Kier molecular flexibility index (Phi) is 3.53. The van der Waals surface area contributed by atoms with Gasteiger partial charge in [0.25, 0.3) is 10.1 Å². The summed E-state index contributed by atoms with van der Waals surface area (Å²) >= 11 is 0. The number of benzene rings is 2. The average molecular weight is 280 g/mol. The van der Waals surface area contributed by atoms with Gasteiger partial charge in [-0.15, -0.1) is 9.24 Å². The van der Waals surface area contributed by atoms with E-state index in [-0.39, 0.29) is 4.90 Å². The Morgan fingerprint density at radius 1 is 1.06 bits per heavy atom. The third-order valence-electron chi connectivity index (χ3n) is 2.71. The highest BCUT2D eigenvalue weighted by Gasteiger charge is 2.15. The Morgan fingerprint density at radius 2 is 1.67 bits per heavy atom. The first kappa shape index (κ1) is 13.2. The van der Waals surface area contributed by atoms with Crippen molar-refractivity contribution in [3.8, 4) is 11.1 Å². The fourth-order valence-corrected chi connectivity index (χ4v) is 3.20. The van der Waals surface area contributed by atoms with Crippen molar-refractivity contribution in [2.24, 2.45) is 0 Å². The predicted octanol–water partition coefficient (Wildman–Crippen LogP) is 2.41. The van der Waals surface area contributed by atoms with Crippen molar-refractivity contribution in [2.45, 2.75) is 11.8 Å². The molecule has 0 saturated carbocycles. The summed E-state index contributed by atoms with van der Waals surface area (Å²) in [6.07, 6.45) is 0. The lowest BCUT2D eigenvalue weighted by atomic mass is 10.0. The van der Waals surface area contributed by atoms with Crippen molar-refractivity contribution in [3.05, 3.63) is 48.0 Å². The van der Waals surface area contributed by atoms with Crippen LogP contribution >= 0.6 is 9.24 Å². The molecule has 0 aliphatic heterocycles. The second-order valence-corrected chi connectivity index (χ2v) is 6.03. The van der Waals surface area contributed by atoms with Crippen molar-refractivity contribution in [3.63, 3.8) is 0 Å². The van der Waals surface area contributed by atoms with Gasteiger partial charge in [0.1, 0.15) is 4.90 Å². The van der Waals surface area contributed by atoms with Crippen LogP contribution in [0.15, 0.2) is 47.4 Å². The predicted molar refractivity (Wildman–Crippen MR) is 75.8 cm³/mol. The molecule has 3 nitrogen and oxygen atoms in total. The number of hydrogen-bond donors (Lipinski definition) is 1. The van der Waals surface area contributed by atoms with Crippen LogP contribution in [-0.2, 0) is 10.1 Å². The summed E-state index contributed by atoms with van der Waals surface area (Å²) in [5.74, 6) is 0. The summed E-state index contributed by atoms with van der Waals surface area (Å²) in [7, 11) is -1.82. The number of aryl methyl sites for hydroxylation is 1. The number of rotatable bonds is 2. The summed E-state index contributed by atoms with van der Waals surface area (Å²) in [5.41, 5.74) is 2.82. The maximum absolute atomic E-state index is 11.2. The molecule has 94 valence electrons. The first-order chi connectivity index (χ1) is 8.39. The van der Waals surface area contributed by atoms with Crippen molar-refractivity contribution < 1.29 is 13.0 Å². The molecule has 2 rings (SSSR count). The molecule has 2 aromatic rings. The molecule has 0 bridgehead atoms.